The maximum Gasteiger partial charge on any atom is 0.133 e. The molecule has 19 heavy (non-hydrogen) atoms. The van der Waals surface area contributed by atoms with Gasteiger partial charge in [-0.3, -0.25) is 0 Å². The van der Waals surface area contributed by atoms with Crippen LogP contribution in [0.5, 0.6) is 0 Å². The van der Waals surface area contributed by atoms with E-state index < -0.39 is 0 Å². The molecule has 1 aromatic heterocycles. The third kappa shape index (κ3) is 3.03. The molecule has 0 saturated carbocycles. The lowest BCUT2D eigenvalue weighted by Crippen LogP contribution is -2.17. The van der Waals surface area contributed by atoms with Gasteiger partial charge in [0.15, 0.2) is 0 Å². The molecular weight excluding hydrogens is 267 g/mol. The summed E-state index contributed by atoms with van der Waals surface area (Å²) in [5, 5.41) is 9.64. The molecule has 5 heteroatoms. The molecule has 100 valence electrons. The molecule has 0 fully saturated rings. The van der Waals surface area contributed by atoms with Gasteiger partial charge < -0.3 is 10.0 Å². The van der Waals surface area contributed by atoms with Crippen molar-refractivity contribution < 1.29 is 9.50 Å². The number of hydrogen-bond acceptors (Lipinski definition) is 3. The summed E-state index contributed by atoms with van der Waals surface area (Å²) in [5.41, 5.74) is 1.31. The predicted octanol–water partition coefficient (Wildman–Crippen LogP) is 3.52. The molecular formula is C14H14ClFN2O. The zero-order valence-electron chi connectivity index (χ0n) is 10.5. The second kappa shape index (κ2) is 5.99. The number of pyridine rings is 1. The van der Waals surface area contributed by atoms with E-state index in [0.717, 1.165) is 0 Å². The first-order valence-electron chi connectivity index (χ1n) is 5.94. The van der Waals surface area contributed by atoms with Gasteiger partial charge in [0.05, 0.1) is 11.6 Å². The Morgan fingerprint density at radius 3 is 2.79 bits per heavy atom. The zero-order valence-corrected chi connectivity index (χ0v) is 11.2. The van der Waals surface area contributed by atoms with Gasteiger partial charge in [-0.1, -0.05) is 17.7 Å². The monoisotopic (exact) mass is 280 g/mol. The summed E-state index contributed by atoms with van der Waals surface area (Å²) in [7, 11) is 0. The Labute approximate surface area is 116 Å². The highest BCUT2D eigenvalue weighted by Crippen LogP contribution is 2.27. The van der Waals surface area contributed by atoms with E-state index in [1.807, 2.05) is 17.9 Å². The lowest BCUT2D eigenvalue weighted by Gasteiger charge is -2.22. The second-order valence-corrected chi connectivity index (χ2v) is 4.42. The Kier molecular flexibility index (Phi) is 4.35. The molecule has 0 atom stereocenters. The predicted molar refractivity (Wildman–Crippen MR) is 74.2 cm³/mol. The third-order valence-corrected chi connectivity index (χ3v) is 3.14. The fraction of sp³-hybridized carbons (Fsp3) is 0.214. The molecule has 1 aromatic carbocycles. The molecule has 0 saturated heterocycles. The average molecular weight is 281 g/mol. The van der Waals surface area contributed by atoms with E-state index in [0.29, 0.717) is 28.6 Å². The number of hydrogen-bond donors (Lipinski definition) is 1. The Bertz CT molecular complexity index is 577. The van der Waals surface area contributed by atoms with Crippen molar-refractivity contribution in [2.75, 3.05) is 11.4 Å². The van der Waals surface area contributed by atoms with E-state index in [2.05, 4.69) is 4.98 Å². The van der Waals surface area contributed by atoms with Crippen molar-refractivity contribution in [3.63, 3.8) is 0 Å². The Balaban J connectivity index is 2.42. The Morgan fingerprint density at radius 1 is 1.37 bits per heavy atom. The highest BCUT2D eigenvalue weighted by molar-refractivity contribution is 6.31. The number of aliphatic hydroxyl groups excluding tert-OH is 1. The van der Waals surface area contributed by atoms with Crippen LogP contribution in [0.1, 0.15) is 12.5 Å². The molecule has 0 amide bonds. The largest absolute Gasteiger partial charge is 0.392 e. The van der Waals surface area contributed by atoms with Crippen LogP contribution < -0.4 is 4.90 Å². The molecule has 2 rings (SSSR count). The van der Waals surface area contributed by atoms with Crippen molar-refractivity contribution in [2.24, 2.45) is 0 Å². The van der Waals surface area contributed by atoms with Crippen molar-refractivity contribution >= 4 is 23.1 Å². The number of benzene rings is 1. The van der Waals surface area contributed by atoms with Crippen LogP contribution in [0, 0.1) is 5.82 Å². The van der Waals surface area contributed by atoms with Crippen LogP contribution in [0.25, 0.3) is 0 Å². The fourth-order valence-electron chi connectivity index (χ4n) is 1.86. The lowest BCUT2D eigenvalue weighted by atomic mass is 10.2. The Hall–Kier alpha value is -1.65. The van der Waals surface area contributed by atoms with E-state index in [1.165, 1.54) is 18.3 Å². The summed E-state index contributed by atoms with van der Waals surface area (Å²) in [6.07, 6.45) is 1.49. The molecule has 2 aromatic rings. The average Bonchev–Trinajstić information content (AvgIpc) is 2.41. The maximum absolute atomic E-state index is 13.3. The van der Waals surface area contributed by atoms with Crippen molar-refractivity contribution in [1.82, 2.24) is 4.98 Å². The van der Waals surface area contributed by atoms with Crippen LogP contribution in [-0.4, -0.2) is 16.6 Å². The standard InChI is InChI=1S/C14H14ClFN2O/c1-2-18(12-5-3-4-11(16)7-12)14-6-10(9-19)13(15)8-17-14/h3-8,19H,2,9H2,1H3. The Morgan fingerprint density at radius 2 is 2.16 bits per heavy atom. The van der Waals surface area contributed by atoms with E-state index in [-0.39, 0.29) is 12.4 Å². The third-order valence-electron chi connectivity index (χ3n) is 2.80. The van der Waals surface area contributed by atoms with Gasteiger partial charge in [-0.2, -0.15) is 0 Å². The van der Waals surface area contributed by atoms with Gasteiger partial charge in [-0.25, -0.2) is 9.37 Å². The van der Waals surface area contributed by atoms with Gasteiger partial charge in [-0.15, -0.1) is 0 Å². The minimum Gasteiger partial charge on any atom is -0.392 e. The summed E-state index contributed by atoms with van der Waals surface area (Å²) in [4.78, 5) is 6.07. The summed E-state index contributed by atoms with van der Waals surface area (Å²) in [6.45, 7) is 2.41. The normalized spacial score (nSPS) is 10.5. The van der Waals surface area contributed by atoms with Crippen molar-refractivity contribution in [2.45, 2.75) is 13.5 Å². The SMILES string of the molecule is CCN(c1cccc(F)c1)c1cc(CO)c(Cl)cn1. The number of anilines is 2. The van der Waals surface area contributed by atoms with Gasteiger partial charge in [0, 0.05) is 24.0 Å². The number of rotatable bonds is 4. The first-order chi connectivity index (χ1) is 9.15. The van der Waals surface area contributed by atoms with Crippen LogP contribution in [0.15, 0.2) is 36.5 Å². The van der Waals surface area contributed by atoms with E-state index in [4.69, 9.17) is 11.6 Å². The quantitative estimate of drug-likeness (QED) is 0.931. The second-order valence-electron chi connectivity index (χ2n) is 4.02. The van der Waals surface area contributed by atoms with Crippen LogP contribution in [0.2, 0.25) is 5.02 Å². The van der Waals surface area contributed by atoms with Gasteiger partial charge in [0.25, 0.3) is 0 Å². The molecule has 0 aliphatic heterocycles. The van der Waals surface area contributed by atoms with Gasteiger partial charge in [0.2, 0.25) is 0 Å². The summed E-state index contributed by atoms with van der Waals surface area (Å²) < 4.78 is 13.3. The van der Waals surface area contributed by atoms with Crippen LogP contribution >= 0.6 is 11.6 Å². The summed E-state index contributed by atoms with van der Waals surface area (Å²) in [6, 6.07) is 8.00. The van der Waals surface area contributed by atoms with E-state index in [1.54, 1.807) is 12.1 Å². The molecule has 0 aliphatic carbocycles. The van der Waals surface area contributed by atoms with Crippen molar-refractivity contribution in [3.05, 3.63) is 52.9 Å². The van der Waals surface area contributed by atoms with Gasteiger partial charge in [0.1, 0.15) is 11.6 Å². The lowest BCUT2D eigenvalue weighted by molar-refractivity contribution is 0.282. The van der Waals surface area contributed by atoms with Gasteiger partial charge >= 0.3 is 0 Å². The topological polar surface area (TPSA) is 36.4 Å². The minimum atomic E-state index is -0.299. The van der Waals surface area contributed by atoms with Crippen molar-refractivity contribution in [1.29, 1.82) is 0 Å². The molecule has 0 radical (unpaired) electrons. The summed E-state index contributed by atoms with van der Waals surface area (Å²) in [5.74, 6) is 0.328. The smallest absolute Gasteiger partial charge is 0.133 e. The number of aromatic nitrogens is 1. The summed E-state index contributed by atoms with van der Waals surface area (Å²) >= 11 is 5.91. The fourth-order valence-corrected chi connectivity index (χ4v) is 2.02. The van der Waals surface area contributed by atoms with Crippen LogP contribution in [0.4, 0.5) is 15.9 Å². The molecule has 1 heterocycles. The highest BCUT2D eigenvalue weighted by atomic mass is 35.5. The molecule has 0 bridgehead atoms. The van der Waals surface area contributed by atoms with E-state index >= 15 is 0 Å². The number of nitrogens with zero attached hydrogens (tertiary/aromatic N) is 2. The molecule has 0 spiro atoms. The maximum atomic E-state index is 13.3. The molecule has 1 N–H and O–H groups in total. The highest BCUT2D eigenvalue weighted by Gasteiger charge is 2.11. The first kappa shape index (κ1) is 13.8. The van der Waals surface area contributed by atoms with Crippen molar-refractivity contribution in [3.8, 4) is 0 Å². The number of aliphatic hydroxyl groups is 1. The zero-order chi connectivity index (χ0) is 13.8. The number of halogens is 2. The van der Waals surface area contributed by atoms with Gasteiger partial charge in [-0.05, 0) is 31.2 Å². The molecule has 3 nitrogen and oxygen atoms in total. The first-order valence-corrected chi connectivity index (χ1v) is 6.32. The van der Waals surface area contributed by atoms with E-state index in [9.17, 15) is 9.50 Å². The minimum absolute atomic E-state index is 0.158. The van der Waals surface area contributed by atoms with Crippen LogP contribution in [0.3, 0.4) is 0 Å². The molecule has 0 unspecified atom stereocenters. The van der Waals surface area contributed by atoms with Crippen LogP contribution in [-0.2, 0) is 6.61 Å². The molecule has 0 aliphatic rings.